The third-order valence-corrected chi connectivity index (χ3v) is 8.65. The summed E-state index contributed by atoms with van der Waals surface area (Å²) in [6.45, 7) is 15.4. The molecule has 250 valence electrons. The molecule has 0 aromatic heterocycles. The van der Waals surface area contributed by atoms with Gasteiger partial charge in [0.1, 0.15) is 11.2 Å². The number of amides is 1. The fraction of sp³-hybridized carbons (Fsp3) is 0.706. The highest BCUT2D eigenvalue weighted by Gasteiger charge is 2.07. The number of benzene rings is 1. The molecule has 0 aliphatic rings. The smallest absolute Gasteiger partial charge is 0.407 e. The maximum absolute atomic E-state index is 12.4. The summed E-state index contributed by atoms with van der Waals surface area (Å²) in [4.78, 5) is 25.1. The molecule has 1 aromatic rings. The Hall–Kier alpha value is -1.74. The number of Topliss-reactive ketones (excluding diaryl/α,β-unsaturated/α-hetero) is 1. The molecule has 0 fully saturated rings. The van der Waals surface area contributed by atoms with Crippen LogP contribution in [0.25, 0.3) is 0 Å². The van der Waals surface area contributed by atoms with E-state index in [1.807, 2.05) is 45.0 Å². The van der Waals surface area contributed by atoms with E-state index in [1.54, 1.807) is 21.6 Å². The highest BCUT2D eigenvalue weighted by molar-refractivity contribution is 8.76. The van der Waals surface area contributed by atoms with E-state index in [9.17, 15) is 9.59 Å². The van der Waals surface area contributed by atoms with Gasteiger partial charge in [-0.15, -0.1) is 0 Å². The van der Waals surface area contributed by atoms with Crippen molar-refractivity contribution in [1.29, 1.82) is 0 Å². The molecular formula is C34H55NO7S2. The van der Waals surface area contributed by atoms with E-state index in [4.69, 9.17) is 23.7 Å². The van der Waals surface area contributed by atoms with E-state index in [-0.39, 0.29) is 17.1 Å². The number of unbranched alkanes of at least 4 members (excludes halogenated alkanes) is 1. The van der Waals surface area contributed by atoms with Crippen molar-refractivity contribution in [1.82, 2.24) is 5.32 Å². The first kappa shape index (κ1) is 40.3. The lowest BCUT2D eigenvalue weighted by Gasteiger charge is -2.12. The second-order valence-electron chi connectivity index (χ2n) is 11.1. The Balaban J connectivity index is 2.00. The van der Waals surface area contributed by atoms with Gasteiger partial charge in [0.2, 0.25) is 0 Å². The summed E-state index contributed by atoms with van der Waals surface area (Å²) in [7, 11) is 3.30. The number of ketones is 1. The van der Waals surface area contributed by atoms with Crippen molar-refractivity contribution in [2.45, 2.75) is 89.9 Å². The fourth-order valence-electron chi connectivity index (χ4n) is 3.68. The van der Waals surface area contributed by atoms with Crippen LogP contribution in [0.15, 0.2) is 29.2 Å². The second kappa shape index (κ2) is 27.6. The molecule has 1 aromatic carbocycles. The summed E-state index contributed by atoms with van der Waals surface area (Å²) in [5.41, 5.74) is 1.05. The standard InChI is InChI=1S/C34H55NO7S2/c1-28(2)11-8-18-35-34(37)42-22-7-6-21-41-30(5)43-44-33-16-14-31(15-17-33)27-32(36)13-10-20-39-24-26-40-25-23-38-19-9-12-29(3)4/h14-17,28-30H,6-7,9-10,12-13,18-27H2,1-5H3,(H,35,37)/t30-/m1/s1. The molecule has 1 amide bonds. The molecule has 0 heterocycles. The zero-order valence-corrected chi connectivity index (χ0v) is 29.2. The van der Waals surface area contributed by atoms with Crippen LogP contribution in [0.2, 0.25) is 0 Å². The van der Waals surface area contributed by atoms with Gasteiger partial charge in [-0.1, -0.05) is 73.3 Å². The zero-order chi connectivity index (χ0) is 32.3. The minimum atomic E-state index is -0.438. The molecule has 0 bridgehead atoms. The summed E-state index contributed by atoms with van der Waals surface area (Å²) in [6.07, 6.45) is 5.08. The lowest BCUT2D eigenvalue weighted by Crippen LogP contribution is -2.25. The summed E-state index contributed by atoms with van der Waals surface area (Å²) < 4.78 is 27.6. The van der Waals surface area contributed by atoms with E-state index < -0.39 is 6.09 Å². The minimum Gasteiger partial charge on any atom is -0.450 e. The van der Waals surface area contributed by atoms with Crippen molar-refractivity contribution >= 4 is 33.5 Å². The van der Waals surface area contributed by atoms with Crippen LogP contribution >= 0.6 is 21.6 Å². The number of nitrogens with one attached hydrogen (secondary N) is 1. The molecule has 1 N–H and O–H groups in total. The molecule has 0 saturated heterocycles. The van der Waals surface area contributed by atoms with Crippen molar-refractivity contribution in [3.05, 3.63) is 29.8 Å². The first-order valence-corrected chi connectivity index (χ1v) is 18.1. The van der Waals surface area contributed by atoms with Crippen LogP contribution in [-0.2, 0) is 34.9 Å². The maximum atomic E-state index is 12.4. The van der Waals surface area contributed by atoms with Crippen molar-refractivity contribution < 1.29 is 33.3 Å². The number of hydrogen-bond donors (Lipinski definition) is 1. The third-order valence-electron chi connectivity index (χ3n) is 6.00. The molecule has 0 saturated carbocycles. The number of carbonyl (C=O) groups excluding carboxylic acids is 2. The SMILES string of the molecule is CC(C)C#CCNC(=O)OCCCCO[C@@H](C)SSc1ccc(CC(=O)CCCOCCOCCOCCCC(C)C)cc1. The van der Waals surface area contributed by atoms with E-state index in [1.165, 1.54) is 6.42 Å². The predicted octanol–water partition coefficient (Wildman–Crippen LogP) is 7.33. The normalized spacial score (nSPS) is 11.8. The van der Waals surface area contributed by atoms with Gasteiger partial charge in [0.15, 0.2) is 0 Å². The van der Waals surface area contributed by atoms with Crippen LogP contribution in [0.5, 0.6) is 0 Å². The highest BCUT2D eigenvalue weighted by atomic mass is 33.1. The third kappa shape index (κ3) is 25.6. The first-order chi connectivity index (χ1) is 21.3. The number of alkyl carbamates (subject to hydrolysis) is 1. The monoisotopic (exact) mass is 653 g/mol. The highest BCUT2D eigenvalue weighted by Crippen LogP contribution is 2.35. The van der Waals surface area contributed by atoms with Crippen molar-refractivity contribution in [3.63, 3.8) is 0 Å². The molecule has 10 heteroatoms. The Kier molecular flexibility index (Phi) is 25.2. The van der Waals surface area contributed by atoms with Crippen LogP contribution in [0.4, 0.5) is 4.79 Å². The van der Waals surface area contributed by atoms with Crippen molar-refractivity contribution in [3.8, 4) is 11.8 Å². The average Bonchev–Trinajstić information content (AvgIpc) is 2.98. The second-order valence-corrected chi connectivity index (χ2v) is 13.7. The van der Waals surface area contributed by atoms with Crippen LogP contribution < -0.4 is 5.32 Å². The van der Waals surface area contributed by atoms with Gasteiger partial charge in [-0.2, -0.15) is 0 Å². The van der Waals surface area contributed by atoms with Gasteiger partial charge in [0, 0.05) is 43.5 Å². The lowest BCUT2D eigenvalue weighted by molar-refractivity contribution is -0.118. The lowest BCUT2D eigenvalue weighted by atomic mass is 10.1. The average molecular weight is 654 g/mol. The topological polar surface area (TPSA) is 92.3 Å². The Morgan fingerprint density at radius 3 is 2.09 bits per heavy atom. The largest absolute Gasteiger partial charge is 0.450 e. The van der Waals surface area contributed by atoms with E-state index in [0.717, 1.165) is 48.7 Å². The molecule has 0 aliphatic carbocycles. The van der Waals surface area contributed by atoms with Gasteiger partial charge in [0.25, 0.3) is 0 Å². The number of hydrogen-bond acceptors (Lipinski definition) is 9. The molecule has 44 heavy (non-hydrogen) atoms. The van der Waals surface area contributed by atoms with Crippen molar-refractivity contribution in [2.75, 3.05) is 59.4 Å². The van der Waals surface area contributed by atoms with E-state index in [0.29, 0.717) is 65.6 Å². The molecule has 0 unspecified atom stereocenters. The van der Waals surface area contributed by atoms with Crippen LogP contribution in [-0.4, -0.2) is 76.7 Å². The van der Waals surface area contributed by atoms with Gasteiger partial charge < -0.3 is 29.0 Å². The molecule has 1 rings (SSSR count). The Labute approximate surface area is 274 Å². The van der Waals surface area contributed by atoms with E-state index in [2.05, 4.69) is 31.0 Å². The van der Waals surface area contributed by atoms with Gasteiger partial charge in [0.05, 0.1) is 39.6 Å². The molecule has 0 spiro atoms. The number of rotatable bonds is 26. The molecular weight excluding hydrogens is 599 g/mol. The summed E-state index contributed by atoms with van der Waals surface area (Å²) in [5, 5.41) is 2.62. The molecule has 0 aliphatic heterocycles. The van der Waals surface area contributed by atoms with Crippen LogP contribution in [0, 0.1) is 23.7 Å². The maximum Gasteiger partial charge on any atom is 0.407 e. The fourth-order valence-corrected chi connectivity index (χ4v) is 5.56. The van der Waals surface area contributed by atoms with E-state index >= 15 is 0 Å². The quantitative estimate of drug-likeness (QED) is 0.0477. The predicted molar refractivity (Wildman–Crippen MR) is 181 cm³/mol. The minimum absolute atomic E-state index is 0.0252. The number of carbonyl (C=O) groups is 2. The Morgan fingerprint density at radius 1 is 0.795 bits per heavy atom. The molecule has 0 radical (unpaired) electrons. The molecule has 8 nitrogen and oxygen atoms in total. The van der Waals surface area contributed by atoms with Gasteiger partial charge >= 0.3 is 6.09 Å². The number of ether oxygens (including phenoxy) is 5. The van der Waals surface area contributed by atoms with Gasteiger partial charge in [-0.25, -0.2) is 4.79 Å². The first-order valence-electron chi connectivity index (χ1n) is 15.9. The summed E-state index contributed by atoms with van der Waals surface area (Å²) >= 11 is 0. The Bertz CT molecular complexity index is 932. The van der Waals surface area contributed by atoms with Gasteiger partial charge in [-0.3, -0.25) is 4.79 Å². The Morgan fingerprint density at radius 2 is 1.43 bits per heavy atom. The van der Waals surface area contributed by atoms with Crippen LogP contribution in [0.1, 0.15) is 78.7 Å². The summed E-state index contributed by atoms with van der Waals surface area (Å²) in [6, 6.07) is 8.12. The summed E-state index contributed by atoms with van der Waals surface area (Å²) in [5.74, 6) is 7.10. The van der Waals surface area contributed by atoms with Gasteiger partial charge in [-0.05, 0) is 62.6 Å². The molecule has 1 atom stereocenters. The van der Waals surface area contributed by atoms with Crippen molar-refractivity contribution in [2.24, 2.45) is 11.8 Å². The van der Waals surface area contributed by atoms with Crippen LogP contribution in [0.3, 0.4) is 0 Å². The zero-order valence-electron chi connectivity index (χ0n) is 27.5.